The molecule has 0 aromatic rings. The second kappa shape index (κ2) is 7.88. The van der Waals surface area contributed by atoms with E-state index in [1.165, 1.54) is 18.1 Å². The van der Waals surface area contributed by atoms with Crippen LogP contribution in [0.25, 0.3) is 0 Å². The summed E-state index contributed by atoms with van der Waals surface area (Å²) in [5, 5.41) is 0. The van der Waals surface area contributed by atoms with Gasteiger partial charge in [0.05, 0.1) is 5.60 Å². The minimum atomic E-state index is -1.57. The summed E-state index contributed by atoms with van der Waals surface area (Å²) < 4.78 is 6.56. The molecule has 0 aliphatic heterocycles. The number of rotatable bonds is 9. The van der Waals surface area contributed by atoms with Gasteiger partial charge in [-0.25, -0.2) is 0 Å². The SMILES string of the molecule is [CH]=CCC(C)(/C=C/CC)O[Si](CC)(CC)CC. The van der Waals surface area contributed by atoms with Gasteiger partial charge in [-0.05, 0) is 37.9 Å². The maximum atomic E-state index is 6.56. The lowest BCUT2D eigenvalue weighted by molar-refractivity contribution is 0.129. The Hall–Kier alpha value is -0.343. The van der Waals surface area contributed by atoms with Crippen LogP contribution in [0.2, 0.25) is 18.1 Å². The van der Waals surface area contributed by atoms with Gasteiger partial charge in [-0.2, -0.15) is 0 Å². The van der Waals surface area contributed by atoms with E-state index in [1.54, 1.807) is 6.08 Å². The number of allylic oxidation sites excluding steroid dienone is 1. The second-order valence-corrected chi connectivity index (χ2v) is 9.60. The third-order valence-corrected chi connectivity index (χ3v) is 8.38. The first-order chi connectivity index (χ1) is 8.01. The Labute approximate surface area is 109 Å². The van der Waals surface area contributed by atoms with Gasteiger partial charge in [0.1, 0.15) is 0 Å². The average Bonchev–Trinajstić information content (AvgIpc) is 2.34. The van der Waals surface area contributed by atoms with Crippen LogP contribution in [0, 0.1) is 6.58 Å². The van der Waals surface area contributed by atoms with E-state index in [-0.39, 0.29) is 5.60 Å². The minimum absolute atomic E-state index is 0.209. The monoisotopic (exact) mass is 253 g/mol. The molecule has 2 heteroatoms. The highest BCUT2D eigenvalue weighted by atomic mass is 28.4. The van der Waals surface area contributed by atoms with Crippen LogP contribution in [0.4, 0.5) is 0 Å². The van der Waals surface area contributed by atoms with Crippen LogP contribution in [0.15, 0.2) is 18.2 Å². The van der Waals surface area contributed by atoms with Crippen molar-refractivity contribution in [3.8, 4) is 0 Å². The van der Waals surface area contributed by atoms with E-state index < -0.39 is 8.32 Å². The zero-order chi connectivity index (χ0) is 13.4. The summed E-state index contributed by atoms with van der Waals surface area (Å²) in [4.78, 5) is 0. The minimum Gasteiger partial charge on any atom is -0.408 e. The maximum Gasteiger partial charge on any atom is 0.193 e. The lowest BCUT2D eigenvalue weighted by atomic mass is 10.0. The molecule has 0 aromatic heterocycles. The van der Waals surface area contributed by atoms with E-state index in [9.17, 15) is 0 Å². The summed E-state index contributed by atoms with van der Waals surface area (Å²) in [6.07, 6.45) is 7.93. The number of hydrogen-bond acceptors (Lipinski definition) is 1. The molecule has 17 heavy (non-hydrogen) atoms. The second-order valence-electron chi connectivity index (χ2n) is 4.91. The molecule has 0 saturated carbocycles. The first kappa shape index (κ1) is 16.7. The zero-order valence-corrected chi connectivity index (χ0v) is 13.3. The summed E-state index contributed by atoms with van der Waals surface area (Å²) >= 11 is 0. The molecule has 0 N–H and O–H groups in total. The normalized spacial score (nSPS) is 16.1. The van der Waals surface area contributed by atoms with E-state index in [0.29, 0.717) is 0 Å². The van der Waals surface area contributed by atoms with Crippen molar-refractivity contribution in [1.29, 1.82) is 0 Å². The molecule has 0 amide bonds. The third kappa shape index (κ3) is 5.22. The van der Waals surface area contributed by atoms with Crippen LogP contribution < -0.4 is 0 Å². The van der Waals surface area contributed by atoms with E-state index >= 15 is 0 Å². The van der Waals surface area contributed by atoms with E-state index in [0.717, 1.165) is 12.8 Å². The maximum absolute atomic E-state index is 6.56. The molecule has 1 unspecified atom stereocenters. The Bertz CT molecular complexity index is 235. The summed E-state index contributed by atoms with van der Waals surface area (Å²) in [5.41, 5.74) is -0.209. The summed E-state index contributed by atoms with van der Waals surface area (Å²) in [6, 6.07) is 3.54. The van der Waals surface area contributed by atoms with Crippen molar-refractivity contribution in [2.45, 2.75) is 71.2 Å². The molecule has 0 saturated heterocycles. The van der Waals surface area contributed by atoms with Gasteiger partial charge < -0.3 is 4.43 Å². The quantitative estimate of drug-likeness (QED) is 0.410. The molecule has 99 valence electrons. The average molecular weight is 253 g/mol. The molecular weight excluding hydrogens is 224 g/mol. The van der Waals surface area contributed by atoms with Gasteiger partial charge in [0, 0.05) is 0 Å². The van der Waals surface area contributed by atoms with Gasteiger partial charge in [-0.1, -0.05) is 52.5 Å². The third-order valence-electron chi connectivity index (χ3n) is 3.61. The van der Waals surface area contributed by atoms with Crippen LogP contribution in [0.3, 0.4) is 0 Å². The molecule has 0 aliphatic rings. The predicted molar refractivity (Wildman–Crippen MR) is 79.6 cm³/mol. The summed E-state index contributed by atoms with van der Waals surface area (Å²) in [7, 11) is -1.57. The number of hydrogen-bond donors (Lipinski definition) is 0. The molecular formula is C15H29OSi. The molecule has 0 heterocycles. The van der Waals surface area contributed by atoms with Crippen molar-refractivity contribution >= 4 is 8.32 Å². The van der Waals surface area contributed by atoms with Crippen LogP contribution in [-0.2, 0) is 4.43 Å². The van der Waals surface area contributed by atoms with Crippen molar-refractivity contribution in [2.75, 3.05) is 0 Å². The molecule has 0 aromatic carbocycles. The van der Waals surface area contributed by atoms with Gasteiger partial charge in [0.25, 0.3) is 0 Å². The molecule has 0 aliphatic carbocycles. The summed E-state index contributed by atoms with van der Waals surface area (Å²) in [5.74, 6) is 0. The molecule has 1 radical (unpaired) electrons. The molecule has 1 nitrogen and oxygen atoms in total. The van der Waals surface area contributed by atoms with Crippen LogP contribution in [0.5, 0.6) is 0 Å². The topological polar surface area (TPSA) is 9.23 Å². The summed E-state index contributed by atoms with van der Waals surface area (Å²) in [6.45, 7) is 16.7. The van der Waals surface area contributed by atoms with Crippen molar-refractivity contribution in [1.82, 2.24) is 0 Å². The van der Waals surface area contributed by atoms with Gasteiger partial charge in [0.2, 0.25) is 0 Å². The van der Waals surface area contributed by atoms with Crippen molar-refractivity contribution < 1.29 is 4.43 Å². The first-order valence-electron chi connectivity index (χ1n) is 6.92. The Balaban J connectivity index is 4.94. The first-order valence-corrected chi connectivity index (χ1v) is 9.45. The highest BCUT2D eigenvalue weighted by Gasteiger charge is 2.35. The Morgan fingerprint density at radius 2 is 1.65 bits per heavy atom. The molecule has 0 bridgehead atoms. The zero-order valence-electron chi connectivity index (χ0n) is 12.3. The van der Waals surface area contributed by atoms with Gasteiger partial charge in [-0.3, -0.25) is 0 Å². The Morgan fingerprint density at radius 1 is 1.12 bits per heavy atom. The standard InChI is InChI=1S/C15H29OSi/c1-7-12-14-15(6,13-8-2)16-17(9-3,10-4)11-5/h2,8,12,14H,7,9-11,13H2,1,3-6H3/b8-2?,14-12+. The highest BCUT2D eigenvalue weighted by Crippen LogP contribution is 2.31. The molecule has 0 rings (SSSR count). The largest absolute Gasteiger partial charge is 0.408 e. The van der Waals surface area contributed by atoms with Crippen LogP contribution in [0.1, 0.15) is 47.5 Å². The fourth-order valence-corrected chi connectivity index (χ4v) is 5.28. The smallest absolute Gasteiger partial charge is 0.193 e. The van der Waals surface area contributed by atoms with Gasteiger partial charge in [-0.15, -0.1) is 0 Å². The lowest BCUT2D eigenvalue weighted by Crippen LogP contribution is -2.44. The van der Waals surface area contributed by atoms with Crippen molar-refractivity contribution in [3.05, 3.63) is 24.8 Å². The molecule has 0 fully saturated rings. The predicted octanol–water partition coefficient (Wildman–Crippen LogP) is 5.11. The Kier molecular flexibility index (Phi) is 7.72. The van der Waals surface area contributed by atoms with E-state index in [1.807, 2.05) is 0 Å². The van der Waals surface area contributed by atoms with E-state index in [4.69, 9.17) is 11.0 Å². The fraction of sp³-hybridized carbons (Fsp3) is 0.733. The molecule has 1 atom stereocenters. The van der Waals surface area contributed by atoms with Crippen molar-refractivity contribution in [3.63, 3.8) is 0 Å². The fourth-order valence-electron chi connectivity index (χ4n) is 2.21. The van der Waals surface area contributed by atoms with Crippen LogP contribution in [-0.4, -0.2) is 13.9 Å². The lowest BCUT2D eigenvalue weighted by Gasteiger charge is -2.38. The van der Waals surface area contributed by atoms with Crippen LogP contribution >= 0.6 is 0 Å². The van der Waals surface area contributed by atoms with Gasteiger partial charge >= 0.3 is 0 Å². The highest BCUT2D eigenvalue weighted by molar-refractivity contribution is 6.73. The van der Waals surface area contributed by atoms with Crippen molar-refractivity contribution in [2.24, 2.45) is 0 Å². The Morgan fingerprint density at radius 3 is 2.00 bits per heavy atom. The van der Waals surface area contributed by atoms with Gasteiger partial charge in [0.15, 0.2) is 8.32 Å². The molecule has 0 spiro atoms. The van der Waals surface area contributed by atoms with E-state index in [2.05, 4.69) is 46.8 Å².